The van der Waals surface area contributed by atoms with Gasteiger partial charge in [0.1, 0.15) is 12.4 Å². The van der Waals surface area contributed by atoms with Gasteiger partial charge in [0.05, 0.1) is 11.3 Å². The molecule has 3 aromatic carbocycles. The van der Waals surface area contributed by atoms with E-state index in [1.807, 2.05) is 54.6 Å². The van der Waals surface area contributed by atoms with Crippen LogP contribution in [0.3, 0.4) is 0 Å². The highest BCUT2D eigenvalue weighted by molar-refractivity contribution is 5.88. The second-order valence-electron chi connectivity index (χ2n) is 6.57. The van der Waals surface area contributed by atoms with Crippen LogP contribution in [0.4, 0.5) is 0 Å². The first-order valence-corrected chi connectivity index (χ1v) is 9.26. The molecule has 0 saturated heterocycles. The van der Waals surface area contributed by atoms with Crippen LogP contribution in [-0.4, -0.2) is 16.1 Å². The molecule has 1 N–H and O–H groups in total. The van der Waals surface area contributed by atoms with E-state index in [1.165, 1.54) is 5.56 Å². The summed E-state index contributed by atoms with van der Waals surface area (Å²) in [7, 11) is 0. The molecule has 142 valence electrons. The molecule has 0 atom stereocenters. The molecule has 0 fully saturated rings. The van der Waals surface area contributed by atoms with Gasteiger partial charge in [-0.2, -0.15) is 0 Å². The van der Waals surface area contributed by atoms with Gasteiger partial charge in [-0.3, -0.25) is 4.98 Å². The van der Waals surface area contributed by atoms with Crippen LogP contribution in [0.5, 0.6) is 5.75 Å². The zero-order chi connectivity index (χ0) is 20.1. The summed E-state index contributed by atoms with van der Waals surface area (Å²) in [4.78, 5) is 15.5. The van der Waals surface area contributed by atoms with Crippen molar-refractivity contribution in [3.63, 3.8) is 0 Å². The number of carboxylic acid groups (broad SMARTS) is 1. The predicted molar refractivity (Wildman–Crippen MR) is 113 cm³/mol. The van der Waals surface area contributed by atoms with Crippen LogP contribution in [0.1, 0.15) is 15.9 Å². The Bertz CT molecular complexity index is 1100. The molecule has 1 heterocycles. The Labute approximate surface area is 169 Å². The number of nitrogens with zero attached hydrogens (tertiary/aromatic N) is 1. The highest BCUT2D eigenvalue weighted by Gasteiger charge is 2.09. The summed E-state index contributed by atoms with van der Waals surface area (Å²) in [5.41, 5.74) is 5.12. The quantitative estimate of drug-likeness (QED) is 0.466. The molecule has 4 rings (SSSR count). The molecule has 0 aliphatic carbocycles. The van der Waals surface area contributed by atoms with Crippen molar-refractivity contribution in [1.82, 2.24) is 4.98 Å². The van der Waals surface area contributed by atoms with Crippen LogP contribution >= 0.6 is 0 Å². The molecule has 0 amide bonds. The molecule has 0 aliphatic rings. The molecule has 1 aromatic heterocycles. The summed E-state index contributed by atoms with van der Waals surface area (Å²) in [6.45, 7) is 0.370. The van der Waals surface area contributed by atoms with Gasteiger partial charge in [-0.15, -0.1) is 0 Å². The number of aromatic carboxylic acids is 1. The molecule has 0 saturated carbocycles. The first-order chi connectivity index (χ1) is 14.2. The molecule has 29 heavy (non-hydrogen) atoms. The van der Waals surface area contributed by atoms with Gasteiger partial charge in [0.2, 0.25) is 0 Å². The van der Waals surface area contributed by atoms with E-state index in [0.717, 1.165) is 28.1 Å². The predicted octanol–water partition coefficient (Wildman–Crippen LogP) is 5.69. The van der Waals surface area contributed by atoms with Gasteiger partial charge in [0, 0.05) is 17.3 Å². The molecular formula is C25H19NO3. The maximum Gasteiger partial charge on any atom is 0.335 e. The normalized spacial score (nSPS) is 10.5. The van der Waals surface area contributed by atoms with Gasteiger partial charge < -0.3 is 9.84 Å². The average Bonchev–Trinajstić information content (AvgIpc) is 2.79. The summed E-state index contributed by atoms with van der Waals surface area (Å²) < 4.78 is 5.97. The minimum atomic E-state index is -0.944. The van der Waals surface area contributed by atoms with Crippen LogP contribution in [-0.2, 0) is 6.61 Å². The molecule has 0 bridgehead atoms. The average molecular weight is 381 g/mol. The number of hydrogen-bond donors (Lipinski definition) is 1. The van der Waals surface area contributed by atoms with Gasteiger partial charge in [-0.1, -0.05) is 60.7 Å². The van der Waals surface area contributed by atoms with Crippen molar-refractivity contribution in [3.05, 3.63) is 108 Å². The van der Waals surface area contributed by atoms with E-state index in [0.29, 0.717) is 6.61 Å². The zero-order valence-corrected chi connectivity index (χ0v) is 15.7. The second kappa shape index (κ2) is 8.40. The standard InChI is InChI=1S/C25H19NO3/c27-25(28)21-10-8-20(9-11-21)24-22(7-4-16-26-24)17-29-23-14-12-19(13-15-23)18-5-2-1-3-6-18/h1-16H,17H2,(H,27,28). The molecule has 0 unspecified atom stereocenters. The van der Waals surface area contributed by atoms with Gasteiger partial charge in [0.15, 0.2) is 0 Å². The van der Waals surface area contributed by atoms with Crippen LogP contribution in [0.25, 0.3) is 22.4 Å². The monoisotopic (exact) mass is 381 g/mol. The lowest BCUT2D eigenvalue weighted by Crippen LogP contribution is -2.00. The number of rotatable bonds is 6. The van der Waals surface area contributed by atoms with E-state index < -0.39 is 5.97 Å². The molecular weight excluding hydrogens is 362 g/mol. The Hall–Kier alpha value is -3.92. The van der Waals surface area contributed by atoms with Crippen molar-refractivity contribution in [2.24, 2.45) is 0 Å². The largest absolute Gasteiger partial charge is 0.489 e. The highest BCUT2D eigenvalue weighted by atomic mass is 16.5. The third-order valence-corrected chi connectivity index (χ3v) is 4.65. The lowest BCUT2D eigenvalue weighted by Gasteiger charge is -2.11. The van der Waals surface area contributed by atoms with Crippen molar-refractivity contribution in [3.8, 4) is 28.1 Å². The fraction of sp³-hybridized carbons (Fsp3) is 0.0400. The molecule has 4 aromatic rings. The first kappa shape index (κ1) is 18.4. The Morgan fingerprint density at radius 3 is 2.10 bits per heavy atom. The van der Waals surface area contributed by atoms with Crippen molar-refractivity contribution < 1.29 is 14.6 Å². The van der Waals surface area contributed by atoms with Crippen LogP contribution < -0.4 is 4.74 Å². The fourth-order valence-electron chi connectivity index (χ4n) is 3.12. The smallest absolute Gasteiger partial charge is 0.335 e. The second-order valence-corrected chi connectivity index (χ2v) is 6.57. The number of carboxylic acids is 1. The minimum absolute atomic E-state index is 0.251. The highest BCUT2D eigenvalue weighted by Crippen LogP contribution is 2.25. The van der Waals surface area contributed by atoms with Gasteiger partial charge in [-0.05, 0) is 41.5 Å². The molecule has 0 radical (unpaired) electrons. The van der Waals surface area contributed by atoms with Gasteiger partial charge in [-0.25, -0.2) is 4.79 Å². The Morgan fingerprint density at radius 2 is 1.41 bits per heavy atom. The summed E-state index contributed by atoms with van der Waals surface area (Å²) in [5.74, 6) is -0.166. The number of pyridine rings is 1. The van der Waals surface area contributed by atoms with Crippen LogP contribution in [0.2, 0.25) is 0 Å². The molecule has 4 heteroatoms. The van der Waals surface area contributed by atoms with E-state index in [4.69, 9.17) is 9.84 Å². The lowest BCUT2D eigenvalue weighted by atomic mass is 10.0. The maximum absolute atomic E-state index is 11.1. The zero-order valence-electron chi connectivity index (χ0n) is 15.7. The summed E-state index contributed by atoms with van der Waals surface area (Å²) >= 11 is 0. The SMILES string of the molecule is O=C(O)c1ccc(-c2ncccc2COc2ccc(-c3ccccc3)cc2)cc1. The Morgan fingerprint density at radius 1 is 0.759 bits per heavy atom. The van der Waals surface area contributed by atoms with Crippen LogP contribution in [0.15, 0.2) is 97.2 Å². The topological polar surface area (TPSA) is 59.4 Å². The number of hydrogen-bond acceptors (Lipinski definition) is 3. The molecule has 0 aliphatic heterocycles. The first-order valence-electron chi connectivity index (χ1n) is 9.26. The maximum atomic E-state index is 11.1. The number of ether oxygens (including phenoxy) is 1. The third-order valence-electron chi connectivity index (χ3n) is 4.65. The number of benzene rings is 3. The summed E-state index contributed by atoms with van der Waals surface area (Å²) in [6.07, 6.45) is 1.72. The number of carbonyl (C=O) groups is 1. The lowest BCUT2D eigenvalue weighted by molar-refractivity contribution is 0.0697. The summed E-state index contributed by atoms with van der Waals surface area (Å²) in [6, 6.07) is 28.7. The van der Waals surface area contributed by atoms with E-state index >= 15 is 0 Å². The van der Waals surface area contributed by atoms with Crippen molar-refractivity contribution in [1.29, 1.82) is 0 Å². The van der Waals surface area contributed by atoms with Crippen molar-refractivity contribution in [2.75, 3.05) is 0 Å². The molecule has 4 nitrogen and oxygen atoms in total. The van der Waals surface area contributed by atoms with Gasteiger partial charge in [0.25, 0.3) is 0 Å². The van der Waals surface area contributed by atoms with Crippen molar-refractivity contribution >= 4 is 5.97 Å². The van der Waals surface area contributed by atoms with Crippen LogP contribution in [0, 0.1) is 0 Å². The fourth-order valence-corrected chi connectivity index (χ4v) is 3.12. The van der Waals surface area contributed by atoms with E-state index in [2.05, 4.69) is 17.1 Å². The van der Waals surface area contributed by atoms with Gasteiger partial charge >= 0.3 is 5.97 Å². The number of aromatic nitrogens is 1. The Kier molecular flexibility index (Phi) is 5.34. The van der Waals surface area contributed by atoms with Crippen molar-refractivity contribution in [2.45, 2.75) is 6.61 Å². The van der Waals surface area contributed by atoms with E-state index in [9.17, 15) is 4.79 Å². The third kappa shape index (κ3) is 4.33. The minimum Gasteiger partial charge on any atom is -0.489 e. The molecule has 0 spiro atoms. The summed E-state index contributed by atoms with van der Waals surface area (Å²) in [5, 5.41) is 9.07. The van der Waals surface area contributed by atoms with E-state index in [-0.39, 0.29) is 5.56 Å². The Balaban J connectivity index is 1.50. The van der Waals surface area contributed by atoms with E-state index in [1.54, 1.807) is 30.5 Å².